The predicted molar refractivity (Wildman–Crippen MR) is 72.3 cm³/mol. The van der Waals surface area contributed by atoms with Crippen molar-refractivity contribution in [2.45, 2.75) is 25.0 Å². The fourth-order valence-electron chi connectivity index (χ4n) is 2.01. The summed E-state index contributed by atoms with van der Waals surface area (Å²) in [7, 11) is 0. The zero-order chi connectivity index (χ0) is 13.2. The fraction of sp³-hybridized carbons (Fsp3) is 0.462. The molecule has 0 aromatic heterocycles. The summed E-state index contributed by atoms with van der Waals surface area (Å²) >= 11 is 3.37. The fourth-order valence-corrected chi connectivity index (χ4v) is 2.37. The molecule has 96 valence electrons. The van der Waals surface area contributed by atoms with Crippen molar-refractivity contribution < 1.29 is 9.84 Å². The Morgan fingerprint density at radius 1 is 1.67 bits per heavy atom. The van der Waals surface area contributed by atoms with Gasteiger partial charge in [0.25, 0.3) is 0 Å². The van der Waals surface area contributed by atoms with E-state index in [-0.39, 0.29) is 6.10 Å². The zero-order valence-corrected chi connectivity index (χ0v) is 11.7. The Morgan fingerprint density at radius 3 is 3.06 bits per heavy atom. The molecule has 2 atom stereocenters. The largest absolute Gasteiger partial charge is 0.385 e. The van der Waals surface area contributed by atoms with Gasteiger partial charge >= 0.3 is 0 Å². The van der Waals surface area contributed by atoms with Gasteiger partial charge in [-0.3, -0.25) is 0 Å². The third kappa shape index (κ3) is 2.66. The summed E-state index contributed by atoms with van der Waals surface area (Å²) in [5.41, 5.74) is 0.419. The number of hydrogen-bond acceptors (Lipinski definition) is 4. The van der Waals surface area contributed by atoms with Gasteiger partial charge in [-0.05, 0) is 25.1 Å². The average Bonchev–Trinajstić information content (AvgIpc) is 2.68. The van der Waals surface area contributed by atoms with Crippen molar-refractivity contribution in [2.24, 2.45) is 0 Å². The lowest BCUT2D eigenvalue weighted by atomic mass is 9.96. The maximum atomic E-state index is 10.4. The van der Waals surface area contributed by atoms with Crippen molar-refractivity contribution in [3.63, 3.8) is 0 Å². The van der Waals surface area contributed by atoms with E-state index in [0.717, 1.165) is 10.2 Å². The van der Waals surface area contributed by atoms with Crippen molar-refractivity contribution >= 4 is 21.6 Å². The summed E-state index contributed by atoms with van der Waals surface area (Å²) in [5.74, 6) is 0. The van der Waals surface area contributed by atoms with Crippen LogP contribution >= 0.6 is 15.9 Å². The smallest absolute Gasteiger partial charge is 0.110 e. The number of nitrogens with one attached hydrogen (secondary N) is 1. The number of nitriles is 1. The Balaban J connectivity index is 2.11. The van der Waals surface area contributed by atoms with Crippen molar-refractivity contribution in [2.75, 3.05) is 18.5 Å². The number of nitrogens with zero attached hydrogens (tertiary/aromatic N) is 1. The molecular formula is C13H15BrN2O2. The van der Waals surface area contributed by atoms with Crippen molar-refractivity contribution in [1.29, 1.82) is 5.26 Å². The molecule has 1 aliphatic rings. The van der Waals surface area contributed by atoms with Gasteiger partial charge in [-0.1, -0.05) is 15.9 Å². The Labute approximate surface area is 115 Å². The minimum absolute atomic E-state index is 0.192. The highest BCUT2D eigenvalue weighted by Gasteiger charge is 2.39. The highest BCUT2D eigenvalue weighted by atomic mass is 79.9. The molecule has 1 saturated heterocycles. The minimum Gasteiger partial charge on any atom is -0.385 e. The van der Waals surface area contributed by atoms with Crippen LogP contribution in [0.5, 0.6) is 0 Å². The maximum absolute atomic E-state index is 10.4. The topological polar surface area (TPSA) is 65.3 Å². The van der Waals surface area contributed by atoms with Crippen LogP contribution in [-0.2, 0) is 4.74 Å². The van der Waals surface area contributed by atoms with E-state index in [4.69, 9.17) is 10.00 Å². The van der Waals surface area contributed by atoms with Crippen LogP contribution < -0.4 is 5.32 Å². The Hall–Kier alpha value is -1.09. The standard InChI is InChI=1S/C13H15BrN2O2/c1-9-13(17,4-5-18-9)8-16-12-6-11(14)3-2-10(12)7-15/h2-3,6,9,16-17H,4-5,8H2,1H3. The van der Waals surface area contributed by atoms with Gasteiger partial charge < -0.3 is 15.2 Å². The first kappa shape index (κ1) is 13.3. The number of ether oxygens (including phenoxy) is 1. The molecule has 0 amide bonds. The van der Waals surface area contributed by atoms with Gasteiger partial charge in [0, 0.05) is 24.0 Å². The third-order valence-electron chi connectivity index (χ3n) is 3.35. The molecule has 1 heterocycles. The lowest BCUT2D eigenvalue weighted by molar-refractivity contribution is -0.0175. The van der Waals surface area contributed by atoms with Crippen LogP contribution in [-0.4, -0.2) is 30.0 Å². The first-order valence-corrected chi connectivity index (χ1v) is 6.62. The van der Waals surface area contributed by atoms with Gasteiger partial charge in [0.2, 0.25) is 0 Å². The maximum Gasteiger partial charge on any atom is 0.110 e. The molecule has 18 heavy (non-hydrogen) atoms. The Kier molecular flexibility index (Phi) is 3.91. The predicted octanol–water partition coefficient (Wildman–Crippen LogP) is 2.27. The summed E-state index contributed by atoms with van der Waals surface area (Å²) in [4.78, 5) is 0. The molecule has 0 bridgehead atoms. The van der Waals surface area contributed by atoms with Gasteiger partial charge in [-0.15, -0.1) is 0 Å². The molecule has 1 aromatic carbocycles. The second-order valence-electron chi connectivity index (χ2n) is 4.52. The van der Waals surface area contributed by atoms with Crippen LogP contribution in [0.3, 0.4) is 0 Å². The summed E-state index contributed by atoms with van der Waals surface area (Å²) < 4.78 is 6.27. The van der Waals surface area contributed by atoms with E-state index < -0.39 is 5.60 Å². The van der Waals surface area contributed by atoms with Crippen LogP contribution in [0.25, 0.3) is 0 Å². The summed E-state index contributed by atoms with van der Waals surface area (Å²) in [6.07, 6.45) is 0.416. The van der Waals surface area contributed by atoms with Crippen LogP contribution in [0, 0.1) is 11.3 Å². The molecule has 0 spiro atoms. The minimum atomic E-state index is -0.866. The van der Waals surface area contributed by atoms with E-state index in [1.165, 1.54) is 0 Å². The molecule has 2 rings (SSSR count). The number of aliphatic hydroxyl groups is 1. The van der Waals surface area contributed by atoms with E-state index >= 15 is 0 Å². The van der Waals surface area contributed by atoms with Gasteiger partial charge in [-0.2, -0.15) is 5.26 Å². The SMILES string of the molecule is CC1OCCC1(O)CNc1cc(Br)ccc1C#N. The van der Waals surface area contributed by atoms with E-state index in [1.807, 2.05) is 19.1 Å². The molecule has 0 aliphatic carbocycles. The molecule has 1 aliphatic heterocycles. The highest BCUT2D eigenvalue weighted by molar-refractivity contribution is 9.10. The van der Waals surface area contributed by atoms with Crippen LogP contribution in [0.15, 0.2) is 22.7 Å². The quantitative estimate of drug-likeness (QED) is 0.899. The first-order valence-electron chi connectivity index (χ1n) is 5.83. The normalized spacial score (nSPS) is 26.9. The van der Waals surface area contributed by atoms with Gasteiger partial charge in [-0.25, -0.2) is 0 Å². The van der Waals surface area contributed by atoms with E-state index in [0.29, 0.717) is 25.1 Å². The highest BCUT2D eigenvalue weighted by Crippen LogP contribution is 2.27. The zero-order valence-electron chi connectivity index (χ0n) is 10.1. The molecule has 0 saturated carbocycles. The van der Waals surface area contributed by atoms with E-state index in [1.54, 1.807) is 6.07 Å². The van der Waals surface area contributed by atoms with Gasteiger partial charge in [0.1, 0.15) is 11.7 Å². The van der Waals surface area contributed by atoms with E-state index in [2.05, 4.69) is 27.3 Å². The molecular weight excluding hydrogens is 296 g/mol. The lowest BCUT2D eigenvalue weighted by Crippen LogP contribution is -2.43. The molecule has 4 nitrogen and oxygen atoms in total. The van der Waals surface area contributed by atoms with Crippen molar-refractivity contribution in [3.05, 3.63) is 28.2 Å². The second kappa shape index (κ2) is 5.27. The van der Waals surface area contributed by atoms with Crippen LogP contribution in [0.2, 0.25) is 0 Å². The number of anilines is 1. The van der Waals surface area contributed by atoms with E-state index in [9.17, 15) is 5.11 Å². The van der Waals surface area contributed by atoms with Crippen LogP contribution in [0.4, 0.5) is 5.69 Å². The average molecular weight is 311 g/mol. The molecule has 2 N–H and O–H groups in total. The molecule has 2 unspecified atom stereocenters. The molecule has 5 heteroatoms. The molecule has 0 radical (unpaired) electrons. The first-order chi connectivity index (χ1) is 8.55. The lowest BCUT2D eigenvalue weighted by Gasteiger charge is -2.26. The Bertz CT molecular complexity index is 486. The summed E-state index contributed by atoms with van der Waals surface area (Å²) in [5, 5.41) is 22.5. The second-order valence-corrected chi connectivity index (χ2v) is 5.44. The summed E-state index contributed by atoms with van der Waals surface area (Å²) in [6, 6.07) is 7.52. The third-order valence-corrected chi connectivity index (χ3v) is 3.84. The summed E-state index contributed by atoms with van der Waals surface area (Å²) in [6.45, 7) is 2.81. The monoisotopic (exact) mass is 310 g/mol. The number of halogens is 1. The van der Waals surface area contributed by atoms with Gasteiger partial charge in [0.15, 0.2) is 0 Å². The Morgan fingerprint density at radius 2 is 2.44 bits per heavy atom. The number of hydrogen-bond donors (Lipinski definition) is 2. The number of benzene rings is 1. The van der Waals surface area contributed by atoms with Crippen LogP contribution in [0.1, 0.15) is 18.9 Å². The molecule has 1 aromatic rings. The van der Waals surface area contributed by atoms with Gasteiger partial charge in [0.05, 0.1) is 17.4 Å². The molecule has 1 fully saturated rings. The number of rotatable bonds is 3. The van der Waals surface area contributed by atoms with Crippen molar-refractivity contribution in [3.8, 4) is 6.07 Å². The van der Waals surface area contributed by atoms with Crippen molar-refractivity contribution in [1.82, 2.24) is 0 Å².